The summed E-state index contributed by atoms with van der Waals surface area (Å²) >= 11 is 0. The predicted molar refractivity (Wildman–Crippen MR) is 40.3 cm³/mol. The van der Waals surface area contributed by atoms with E-state index >= 15 is 0 Å². The van der Waals surface area contributed by atoms with Crippen molar-refractivity contribution in [2.45, 2.75) is 20.8 Å². The molecule has 1 aliphatic rings. The van der Waals surface area contributed by atoms with Crippen LogP contribution in [-0.4, -0.2) is 24.8 Å². The number of hydrogen-bond acceptors (Lipinski definition) is 3. The molecular formula is C7H13NO2. The highest BCUT2D eigenvalue weighted by Gasteiger charge is 1.96. The van der Waals surface area contributed by atoms with Gasteiger partial charge in [0.05, 0.1) is 6.54 Å². The topological polar surface area (TPSA) is 38.7 Å². The first kappa shape index (κ1) is 9.14. The lowest BCUT2D eigenvalue weighted by atomic mass is 10.6. The number of Topliss-reactive ketones (excluding diaryl/α,β-unsaturated/α-hetero) is 1. The molecule has 0 radical (unpaired) electrons. The maximum Gasteiger partial charge on any atom is 0.180 e. The first-order chi connectivity index (χ1) is 4.63. The van der Waals surface area contributed by atoms with E-state index in [-0.39, 0.29) is 5.78 Å². The molecule has 0 saturated heterocycles. The van der Waals surface area contributed by atoms with E-state index in [4.69, 9.17) is 4.74 Å². The van der Waals surface area contributed by atoms with Crippen molar-refractivity contribution in [2.24, 2.45) is 4.99 Å². The molecule has 3 heteroatoms. The number of nitrogens with zero attached hydrogens (tertiary/aromatic N) is 1. The number of rotatable bonds is 0. The molecule has 0 aromatic rings. The minimum atomic E-state index is 0.167. The van der Waals surface area contributed by atoms with Crippen molar-refractivity contribution in [1.82, 2.24) is 0 Å². The quantitative estimate of drug-likeness (QED) is 0.508. The van der Waals surface area contributed by atoms with E-state index in [1.165, 1.54) is 13.8 Å². The standard InChI is InChI=1S/C4H7NO.C3H6O/c1-4-5-2-3-6-4;1-3(2)4/h2-3H2,1H3;1-2H3. The lowest BCUT2D eigenvalue weighted by Crippen LogP contribution is -1.89. The summed E-state index contributed by atoms with van der Waals surface area (Å²) in [7, 11) is 0. The van der Waals surface area contributed by atoms with Crippen molar-refractivity contribution in [3.8, 4) is 0 Å². The van der Waals surface area contributed by atoms with Crippen molar-refractivity contribution in [3.05, 3.63) is 0 Å². The molecule has 0 aromatic carbocycles. The Morgan fingerprint density at radius 2 is 2.10 bits per heavy atom. The van der Waals surface area contributed by atoms with Crippen LogP contribution < -0.4 is 0 Å². The number of ether oxygens (including phenoxy) is 1. The number of carbonyl (C=O) groups is 1. The van der Waals surface area contributed by atoms with Gasteiger partial charge in [-0.2, -0.15) is 0 Å². The van der Waals surface area contributed by atoms with Gasteiger partial charge >= 0.3 is 0 Å². The van der Waals surface area contributed by atoms with Crippen LogP contribution in [0.25, 0.3) is 0 Å². The Hall–Kier alpha value is -0.860. The fraction of sp³-hybridized carbons (Fsp3) is 0.714. The normalized spacial score (nSPS) is 14.5. The van der Waals surface area contributed by atoms with Gasteiger partial charge in [-0.05, 0) is 13.8 Å². The van der Waals surface area contributed by atoms with E-state index in [9.17, 15) is 4.79 Å². The van der Waals surface area contributed by atoms with Crippen LogP contribution in [0, 0.1) is 0 Å². The second kappa shape index (κ2) is 4.97. The zero-order valence-electron chi connectivity index (χ0n) is 6.68. The van der Waals surface area contributed by atoms with Gasteiger partial charge in [0.2, 0.25) is 0 Å². The maximum absolute atomic E-state index is 9.44. The van der Waals surface area contributed by atoms with Gasteiger partial charge in [-0.3, -0.25) is 4.99 Å². The monoisotopic (exact) mass is 143 g/mol. The second-order valence-electron chi connectivity index (χ2n) is 2.16. The summed E-state index contributed by atoms with van der Waals surface area (Å²) < 4.78 is 4.90. The van der Waals surface area contributed by atoms with Gasteiger partial charge < -0.3 is 9.53 Å². The Morgan fingerprint density at radius 1 is 1.60 bits per heavy atom. The molecule has 0 aromatic heterocycles. The molecule has 1 rings (SSSR count). The molecule has 0 aliphatic carbocycles. The van der Waals surface area contributed by atoms with Crippen molar-refractivity contribution in [2.75, 3.05) is 13.2 Å². The SMILES string of the molecule is CC(C)=O.CC1=NCCO1. The Kier molecular flexibility index (Phi) is 4.54. The summed E-state index contributed by atoms with van der Waals surface area (Å²) in [5.74, 6) is 0.995. The minimum absolute atomic E-state index is 0.167. The van der Waals surface area contributed by atoms with Gasteiger partial charge in [0.25, 0.3) is 0 Å². The van der Waals surface area contributed by atoms with Crippen molar-refractivity contribution >= 4 is 11.7 Å². The minimum Gasteiger partial charge on any atom is -0.479 e. The van der Waals surface area contributed by atoms with Crippen molar-refractivity contribution in [1.29, 1.82) is 0 Å². The van der Waals surface area contributed by atoms with E-state index in [0.29, 0.717) is 0 Å². The lowest BCUT2D eigenvalue weighted by Gasteiger charge is -1.86. The molecule has 58 valence electrons. The van der Waals surface area contributed by atoms with E-state index in [1.54, 1.807) is 0 Å². The largest absolute Gasteiger partial charge is 0.479 e. The molecule has 3 nitrogen and oxygen atoms in total. The first-order valence-corrected chi connectivity index (χ1v) is 3.24. The number of ketones is 1. The summed E-state index contributed by atoms with van der Waals surface area (Å²) in [6.45, 7) is 6.56. The fourth-order valence-electron chi connectivity index (χ4n) is 0.442. The van der Waals surface area contributed by atoms with E-state index < -0.39 is 0 Å². The molecule has 0 saturated carbocycles. The van der Waals surface area contributed by atoms with Gasteiger partial charge in [-0.25, -0.2) is 0 Å². The Labute approximate surface area is 61.1 Å². The molecule has 0 atom stereocenters. The first-order valence-electron chi connectivity index (χ1n) is 3.24. The zero-order valence-corrected chi connectivity index (χ0v) is 6.68. The average molecular weight is 143 g/mol. The van der Waals surface area contributed by atoms with Gasteiger partial charge in [0, 0.05) is 6.92 Å². The van der Waals surface area contributed by atoms with E-state index in [2.05, 4.69) is 4.99 Å². The summed E-state index contributed by atoms with van der Waals surface area (Å²) in [6, 6.07) is 0. The van der Waals surface area contributed by atoms with Gasteiger partial charge in [0.1, 0.15) is 12.4 Å². The second-order valence-corrected chi connectivity index (χ2v) is 2.16. The molecule has 0 spiro atoms. The third-order valence-electron chi connectivity index (χ3n) is 0.737. The molecular weight excluding hydrogens is 130 g/mol. The van der Waals surface area contributed by atoms with Crippen molar-refractivity contribution in [3.63, 3.8) is 0 Å². The molecule has 1 aliphatic heterocycles. The van der Waals surface area contributed by atoms with Crippen LogP contribution in [0.1, 0.15) is 20.8 Å². The van der Waals surface area contributed by atoms with Crippen LogP contribution in [0.3, 0.4) is 0 Å². The molecule has 0 bridgehead atoms. The summed E-state index contributed by atoms with van der Waals surface area (Å²) in [5, 5.41) is 0. The maximum atomic E-state index is 9.44. The van der Waals surface area contributed by atoms with Crippen LogP contribution in [0.15, 0.2) is 4.99 Å². The fourth-order valence-corrected chi connectivity index (χ4v) is 0.442. The highest BCUT2D eigenvalue weighted by molar-refractivity contribution is 5.74. The number of aliphatic imine (C=N–C) groups is 1. The molecule has 0 fully saturated rings. The van der Waals surface area contributed by atoms with Crippen LogP contribution >= 0.6 is 0 Å². The van der Waals surface area contributed by atoms with Gasteiger partial charge in [-0.1, -0.05) is 0 Å². The lowest BCUT2D eigenvalue weighted by molar-refractivity contribution is -0.114. The Balaban J connectivity index is 0.000000180. The van der Waals surface area contributed by atoms with Gasteiger partial charge in [-0.15, -0.1) is 0 Å². The molecule has 0 unspecified atom stereocenters. The van der Waals surface area contributed by atoms with Crippen LogP contribution in [0.2, 0.25) is 0 Å². The van der Waals surface area contributed by atoms with Crippen LogP contribution in [-0.2, 0) is 9.53 Å². The van der Waals surface area contributed by atoms with Gasteiger partial charge in [0.15, 0.2) is 5.90 Å². The van der Waals surface area contributed by atoms with Crippen molar-refractivity contribution < 1.29 is 9.53 Å². The smallest absolute Gasteiger partial charge is 0.180 e. The zero-order chi connectivity index (χ0) is 7.98. The third kappa shape index (κ3) is 7.14. The van der Waals surface area contributed by atoms with E-state index in [0.717, 1.165) is 19.0 Å². The van der Waals surface area contributed by atoms with Crippen LogP contribution in [0.4, 0.5) is 0 Å². The van der Waals surface area contributed by atoms with Crippen LogP contribution in [0.5, 0.6) is 0 Å². The summed E-state index contributed by atoms with van der Waals surface area (Å²) in [6.07, 6.45) is 0. The highest BCUT2D eigenvalue weighted by Crippen LogP contribution is 1.89. The Morgan fingerprint density at radius 3 is 2.20 bits per heavy atom. The number of hydrogen-bond donors (Lipinski definition) is 0. The summed E-state index contributed by atoms with van der Waals surface area (Å²) in [5.41, 5.74) is 0. The predicted octanol–water partition coefficient (Wildman–Crippen LogP) is 1.03. The third-order valence-corrected chi connectivity index (χ3v) is 0.737. The molecule has 10 heavy (non-hydrogen) atoms. The highest BCUT2D eigenvalue weighted by atomic mass is 16.5. The Bertz CT molecular complexity index is 137. The molecule has 1 heterocycles. The number of carbonyl (C=O) groups excluding carboxylic acids is 1. The van der Waals surface area contributed by atoms with E-state index in [1.807, 2.05) is 6.92 Å². The summed E-state index contributed by atoms with van der Waals surface area (Å²) in [4.78, 5) is 13.4. The molecule has 0 N–H and O–H groups in total. The average Bonchev–Trinajstić information content (AvgIpc) is 2.15. The molecule has 0 amide bonds.